The molecule has 1 aliphatic carbocycles. The molecular weight excluding hydrogens is 521 g/mol. The zero-order valence-corrected chi connectivity index (χ0v) is 23.5. The van der Waals surface area contributed by atoms with E-state index in [0.29, 0.717) is 19.1 Å². The average molecular weight is 551 g/mol. The van der Waals surface area contributed by atoms with Gasteiger partial charge in [0.25, 0.3) is 0 Å². The van der Waals surface area contributed by atoms with E-state index in [9.17, 15) is 0 Å². The van der Waals surface area contributed by atoms with Gasteiger partial charge in [-0.15, -0.1) is 22.7 Å². The molecule has 0 radical (unpaired) electrons. The first-order chi connectivity index (χ1) is 19.0. The highest BCUT2D eigenvalue weighted by Gasteiger charge is 2.23. The molecule has 0 amide bonds. The van der Waals surface area contributed by atoms with E-state index in [2.05, 4.69) is 55.5 Å². The molecule has 2 aromatic heterocycles. The minimum Gasteiger partial charge on any atom is -0.494 e. The molecule has 0 fully saturated rings. The van der Waals surface area contributed by atoms with Crippen molar-refractivity contribution in [3.8, 4) is 32.4 Å². The molecule has 2 N–H and O–H groups in total. The second-order valence-electron chi connectivity index (χ2n) is 10.0. The second-order valence-corrected chi connectivity index (χ2v) is 12.2. The van der Waals surface area contributed by atoms with Crippen molar-refractivity contribution in [1.82, 2.24) is 0 Å². The fourth-order valence-corrected chi connectivity index (χ4v) is 6.91. The van der Waals surface area contributed by atoms with Crippen LogP contribution >= 0.6 is 22.7 Å². The summed E-state index contributed by atoms with van der Waals surface area (Å²) in [5, 5.41) is 17.6. The topological polar surface area (TPSA) is 66.2 Å². The lowest BCUT2D eigenvalue weighted by Gasteiger charge is -2.15. The molecule has 1 atom stereocenters. The Hall–Kier alpha value is -3.74. The van der Waals surface area contributed by atoms with Crippen molar-refractivity contribution in [2.75, 3.05) is 13.2 Å². The lowest BCUT2D eigenvalue weighted by Crippen LogP contribution is -2.17. The Balaban J connectivity index is 1.32. The van der Waals surface area contributed by atoms with Crippen molar-refractivity contribution in [1.29, 1.82) is 10.8 Å². The standard InChI is InChI=1S/C33H30N2O2S2/c1-21-4-2-3-19-36-24-9-5-22(6-10-24)28-15-17-30(38-28)26-13-14-27(33(35)32(26)34)31-18-16-29(39-31)23-7-11-25(12-8-23)37-20-21/h5-18,21,34-35H,2-4,19-20H2,1H3. The molecular formula is C33H30N2O2S2. The van der Waals surface area contributed by atoms with Crippen molar-refractivity contribution in [3.63, 3.8) is 0 Å². The molecule has 0 saturated carbocycles. The maximum atomic E-state index is 8.79. The summed E-state index contributed by atoms with van der Waals surface area (Å²) in [5.41, 5.74) is 4.36. The Labute approximate surface area is 237 Å². The number of allylic oxidation sites excluding steroid dienone is 4. The molecule has 10 bridgehead atoms. The summed E-state index contributed by atoms with van der Waals surface area (Å²) in [6.07, 6.45) is 7.21. The van der Waals surface area contributed by atoms with Crippen LogP contribution in [0.4, 0.5) is 0 Å². The summed E-state index contributed by atoms with van der Waals surface area (Å²) in [6, 6.07) is 24.8. The summed E-state index contributed by atoms with van der Waals surface area (Å²) in [6.45, 7) is 3.65. The maximum absolute atomic E-state index is 8.79. The lowest BCUT2D eigenvalue weighted by molar-refractivity contribution is 0.242. The zero-order valence-electron chi connectivity index (χ0n) is 21.8. The molecule has 7 heterocycles. The van der Waals surface area contributed by atoms with Gasteiger partial charge < -0.3 is 9.47 Å². The Morgan fingerprint density at radius 3 is 1.64 bits per heavy atom. The Kier molecular flexibility index (Phi) is 7.31. The fourth-order valence-electron chi connectivity index (χ4n) is 4.83. The van der Waals surface area contributed by atoms with E-state index in [-0.39, 0.29) is 11.4 Å². The van der Waals surface area contributed by atoms with Crippen molar-refractivity contribution in [2.45, 2.75) is 26.2 Å². The first kappa shape index (κ1) is 25.5. The summed E-state index contributed by atoms with van der Waals surface area (Å²) in [4.78, 5) is 4.27. The monoisotopic (exact) mass is 550 g/mol. The van der Waals surface area contributed by atoms with Gasteiger partial charge in [0, 0.05) is 30.7 Å². The number of benzene rings is 2. The summed E-state index contributed by atoms with van der Waals surface area (Å²) < 4.78 is 12.1. The third-order valence-electron chi connectivity index (χ3n) is 7.12. The van der Waals surface area contributed by atoms with Crippen molar-refractivity contribution < 1.29 is 9.47 Å². The SMILES string of the molecule is CC1CCCCOc2ccc(cc2)-c2ccc(s2)C2=CC=C(C(=N)C2=N)c2ccc(s2)-c2ccc(cc2)OC1. The van der Waals surface area contributed by atoms with E-state index in [1.807, 2.05) is 36.4 Å². The lowest BCUT2D eigenvalue weighted by atomic mass is 9.92. The number of rotatable bonds is 0. The van der Waals surface area contributed by atoms with Crippen LogP contribution in [0.3, 0.4) is 0 Å². The Bertz CT molecular complexity index is 1570. The van der Waals surface area contributed by atoms with Gasteiger partial charge in [-0.25, -0.2) is 0 Å². The molecule has 196 valence electrons. The number of hydrogen-bond donors (Lipinski definition) is 2. The summed E-state index contributed by atoms with van der Waals surface area (Å²) in [7, 11) is 0. The van der Waals surface area contributed by atoms with Gasteiger partial charge in [-0.3, -0.25) is 10.8 Å². The molecule has 6 heteroatoms. The van der Waals surface area contributed by atoms with Gasteiger partial charge in [0.1, 0.15) is 11.5 Å². The Morgan fingerprint density at radius 1 is 0.615 bits per heavy atom. The van der Waals surface area contributed by atoms with Crippen LogP contribution < -0.4 is 9.47 Å². The van der Waals surface area contributed by atoms with Crippen molar-refractivity contribution in [3.05, 3.63) is 94.7 Å². The molecule has 0 spiro atoms. The largest absolute Gasteiger partial charge is 0.494 e. The predicted molar refractivity (Wildman–Crippen MR) is 165 cm³/mol. The molecule has 0 saturated heterocycles. The van der Waals surface area contributed by atoms with Crippen LogP contribution in [0.5, 0.6) is 11.5 Å². The number of thiophene rings is 2. The quantitative estimate of drug-likeness (QED) is 0.214. The zero-order chi connectivity index (χ0) is 26.8. The van der Waals surface area contributed by atoms with Gasteiger partial charge in [0.05, 0.1) is 24.6 Å². The molecule has 4 nitrogen and oxygen atoms in total. The minimum atomic E-state index is 0.261. The van der Waals surface area contributed by atoms with Gasteiger partial charge in [-0.05, 0) is 109 Å². The van der Waals surface area contributed by atoms with Gasteiger partial charge in [-0.2, -0.15) is 0 Å². The minimum absolute atomic E-state index is 0.261. The second kappa shape index (κ2) is 11.2. The van der Waals surface area contributed by atoms with E-state index in [1.54, 1.807) is 22.7 Å². The smallest absolute Gasteiger partial charge is 0.119 e. The van der Waals surface area contributed by atoms with E-state index >= 15 is 0 Å². The predicted octanol–water partition coefficient (Wildman–Crippen LogP) is 9.24. The van der Waals surface area contributed by atoms with Gasteiger partial charge in [0.2, 0.25) is 0 Å². The van der Waals surface area contributed by atoms with Crippen LogP contribution in [0.25, 0.3) is 32.0 Å². The van der Waals surface area contributed by atoms with E-state index in [0.717, 1.165) is 72.5 Å². The van der Waals surface area contributed by atoms with E-state index in [1.165, 1.54) is 0 Å². The van der Waals surface area contributed by atoms with Gasteiger partial charge >= 0.3 is 0 Å². The highest BCUT2D eigenvalue weighted by atomic mass is 32.1. The third kappa shape index (κ3) is 5.54. The maximum Gasteiger partial charge on any atom is 0.119 e. The normalized spacial score (nSPS) is 17.9. The van der Waals surface area contributed by atoms with Crippen LogP contribution in [-0.4, -0.2) is 24.6 Å². The van der Waals surface area contributed by atoms with E-state index in [4.69, 9.17) is 20.3 Å². The number of fused-ring (bicyclic) bond motifs is 1. The number of hydrogen-bond acceptors (Lipinski definition) is 6. The molecule has 4 aromatic rings. The van der Waals surface area contributed by atoms with Crippen LogP contribution in [0.2, 0.25) is 0 Å². The third-order valence-corrected chi connectivity index (χ3v) is 9.46. The molecule has 6 aliphatic rings. The molecule has 5 aliphatic heterocycles. The average Bonchev–Trinajstić information content (AvgIpc) is 3.64. The highest BCUT2D eigenvalue weighted by molar-refractivity contribution is 7.18. The van der Waals surface area contributed by atoms with Crippen molar-refractivity contribution in [2.24, 2.45) is 5.92 Å². The van der Waals surface area contributed by atoms with Crippen LogP contribution in [-0.2, 0) is 0 Å². The summed E-state index contributed by atoms with van der Waals surface area (Å²) in [5.74, 6) is 2.25. The highest BCUT2D eigenvalue weighted by Crippen LogP contribution is 2.38. The van der Waals surface area contributed by atoms with Gasteiger partial charge in [0.15, 0.2) is 0 Å². The van der Waals surface area contributed by atoms with Crippen molar-refractivity contribution >= 4 is 45.2 Å². The Morgan fingerprint density at radius 2 is 1.10 bits per heavy atom. The molecule has 39 heavy (non-hydrogen) atoms. The van der Waals surface area contributed by atoms with Crippen LogP contribution in [0.1, 0.15) is 35.9 Å². The van der Waals surface area contributed by atoms with Crippen LogP contribution in [0.15, 0.2) is 84.9 Å². The number of ether oxygens (including phenoxy) is 2. The first-order valence-corrected chi connectivity index (χ1v) is 15.0. The summed E-state index contributed by atoms with van der Waals surface area (Å²) >= 11 is 3.31. The first-order valence-electron chi connectivity index (χ1n) is 13.3. The van der Waals surface area contributed by atoms with Crippen LogP contribution in [0, 0.1) is 16.7 Å². The molecule has 2 aromatic carbocycles. The number of nitrogens with one attached hydrogen (secondary N) is 2. The molecule has 10 rings (SSSR count). The van der Waals surface area contributed by atoms with Gasteiger partial charge in [-0.1, -0.05) is 19.1 Å². The molecule has 1 unspecified atom stereocenters. The fraction of sp³-hybridized carbons (Fsp3) is 0.212. The van der Waals surface area contributed by atoms with E-state index < -0.39 is 0 Å².